The second-order valence-corrected chi connectivity index (χ2v) is 22.5. The first-order valence-electron chi connectivity index (χ1n) is 31.1. The molecule has 1 amide bonds. The fraction of sp³-hybridized carbons (Fsp3) is 0.917. The summed E-state index contributed by atoms with van der Waals surface area (Å²) in [6.07, 6.45) is 18.7. The Balaban J connectivity index is 1.51. The van der Waals surface area contributed by atoms with Gasteiger partial charge in [-0.3, -0.25) is 4.79 Å². The smallest absolute Gasteiger partial charge is 0.220 e. The lowest BCUT2D eigenvalue weighted by Gasteiger charge is -2.48. The molecule has 19 heteroatoms. The van der Waals surface area contributed by atoms with Gasteiger partial charge in [0.2, 0.25) is 5.91 Å². The first kappa shape index (κ1) is 71.5. The molecule has 3 fully saturated rings. The number of carbonyl (C=O) groups excluding carboxylic acids is 1. The molecular formula is C60H111NO18. The van der Waals surface area contributed by atoms with Crippen molar-refractivity contribution < 1.29 is 89.4 Å². The monoisotopic (exact) mass is 1130 g/mol. The third kappa shape index (κ3) is 27.7. The van der Waals surface area contributed by atoms with E-state index in [-0.39, 0.29) is 18.9 Å². The fourth-order valence-corrected chi connectivity index (χ4v) is 10.6. The van der Waals surface area contributed by atoms with Crippen LogP contribution in [0.1, 0.15) is 219 Å². The molecule has 17 atom stereocenters. The van der Waals surface area contributed by atoms with Crippen LogP contribution in [0.5, 0.6) is 0 Å². The summed E-state index contributed by atoms with van der Waals surface area (Å²) in [6.45, 7) is 1.72. The summed E-state index contributed by atoms with van der Waals surface area (Å²) < 4.78 is 34.2. The van der Waals surface area contributed by atoms with Crippen LogP contribution in [0.4, 0.5) is 0 Å². The van der Waals surface area contributed by atoms with Crippen molar-refractivity contribution in [1.29, 1.82) is 0 Å². The minimum Gasteiger partial charge on any atom is -0.394 e. The van der Waals surface area contributed by atoms with Gasteiger partial charge in [0.05, 0.1) is 38.6 Å². The highest BCUT2D eigenvalue weighted by atomic mass is 16.8. The van der Waals surface area contributed by atoms with Crippen LogP contribution < -0.4 is 5.32 Å². The van der Waals surface area contributed by atoms with Crippen LogP contribution >= 0.6 is 0 Å². The van der Waals surface area contributed by atoms with Gasteiger partial charge in [0.1, 0.15) is 73.2 Å². The summed E-state index contributed by atoms with van der Waals surface area (Å²) in [5, 5.41) is 120. The maximum absolute atomic E-state index is 13.3. The number of amides is 1. The molecule has 3 aliphatic heterocycles. The summed E-state index contributed by atoms with van der Waals surface area (Å²) in [5.74, 6) is -0.283. The van der Waals surface area contributed by atoms with E-state index in [9.17, 15) is 61.0 Å². The van der Waals surface area contributed by atoms with Gasteiger partial charge >= 0.3 is 0 Å². The molecule has 3 saturated heterocycles. The summed E-state index contributed by atoms with van der Waals surface area (Å²) >= 11 is 0. The van der Waals surface area contributed by atoms with Crippen LogP contribution in [0, 0.1) is 0 Å². The van der Waals surface area contributed by atoms with Crippen molar-refractivity contribution in [2.45, 2.75) is 324 Å². The molecule has 17 unspecified atom stereocenters. The van der Waals surface area contributed by atoms with Crippen LogP contribution in [-0.2, 0) is 33.2 Å². The third-order valence-corrected chi connectivity index (χ3v) is 15.8. The van der Waals surface area contributed by atoms with Gasteiger partial charge < -0.3 is 89.9 Å². The zero-order chi connectivity index (χ0) is 57.6. The van der Waals surface area contributed by atoms with Gasteiger partial charge in [0, 0.05) is 6.42 Å². The summed E-state index contributed by atoms with van der Waals surface area (Å²) in [5.41, 5.74) is 0. The van der Waals surface area contributed by atoms with Crippen molar-refractivity contribution in [1.82, 2.24) is 5.32 Å². The van der Waals surface area contributed by atoms with E-state index in [1.165, 1.54) is 148 Å². The predicted octanol–water partition coefficient (Wildman–Crippen LogP) is 5.93. The van der Waals surface area contributed by atoms with E-state index in [4.69, 9.17) is 28.4 Å². The molecule has 0 aromatic carbocycles. The Morgan fingerprint density at radius 3 is 1.27 bits per heavy atom. The van der Waals surface area contributed by atoms with Crippen LogP contribution in [0.3, 0.4) is 0 Å². The van der Waals surface area contributed by atoms with E-state index in [0.717, 1.165) is 38.5 Å². The number of hydrogen-bond acceptors (Lipinski definition) is 18. The molecule has 0 bridgehead atoms. The van der Waals surface area contributed by atoms with Crippen LogP contribution in [0.15, 0.2) is 24.3 Å². The second kappa shape index (κ2) is 43.8. The average Bonchev–Trinajstić information content (AvgIpc) is 3.55. The summed E-state index contributed by atoms with van der Waals surface area (Å²) in [7, 11) is 0. The Morgan fingerprint density at radius 2 is 0.810 bits per heavy atom. The van der Waals surface area contributed by atoms with E-state index in [0.29, 0.717) is 12.8 Å². The first-order valence-corrected chi connectivity index (χ1v) is 31.1. The molecule has 0 saturated carbocycles. The SMILES string of the molecule is CCCCCCCCCCCCC/C=C/CC/C=C/C(O)C(COC1OC(CO)C(OC2OC(CO)C(OC3OC(CO)C(O)C(O)C3O)C(O)C2O)C(O)C1O)NC(=O)CCCCCCCCCCCCCCCCCCC. The molecule has 0 spiro atoms. The number of allylic oxidation sites excluding steroid dienone is 3. The van der Waals surface area contributed by atoms with E-state index in [1.54, 1.807) is 6.08 Å². The van der Waals surface area contributed by atoms with Crippen molar-refractivity contribution in [3.63, 3.8) is 0 Å². The quantitative estimate of drug-likeness (QED) is 0.0248. The standard InChI is InChI=1S/C60H111NO18/c1-3-5-7-9-11-13-15-17-19-21-23-25-27-29-31-33-35-37-44(65)43(61-48(66)38-36-34-32-30-28-26-24-22-20-18-16-14-12-10-8-6-4-2)42-74-58-54(72)51(69)56(46(40-63)76-58)79-60-55(73)52(70)57(47(41-64)77-60)78-59-53(71)50(68)49(67)45(39-62)75-59/h27,29,35,37,43-47,49-60,62-65,67-73H,3-26,28,30-34,36,38-42H2,1-2H3,(H,61,66)/b29-27+,37-35+. The lowest BCUT2D eigenvalue weighted by Crippen LogP contribution is -2.66. The average molecular weight is 1130 g/mol. The van der Waals surface area contributed by atoms with Gasteiger partial charge in [-0.25, -0.2) is 0 Å². The fourth-order valence-electron chi connectivity index (χ4n) is 10.6. The Hall–Kier alpha value is -1.73. The topological polar surface area (TPSA) is 307 Å². The molecule has 0 aromatic heterocycles. The summed E-state index contributed by atoms with van der Waals surface area (Å²) in [4.78, 5) is 13.3. The lowest BCUT2D eigenvalue weighted by molar-refractivity contribution is -0.379. The number of rotatable bonds is 46. The van der Waals surface area contributed by atoms with E-state index >= 15 is 0 Å². The van der Waals surface area contributed by atoms with Gasteiger partial charge in [0.25, 0.3) is 0 Å². The Morgan fingerprint density at radius 1 is 0.443 bits per heavy atom. The van der Waals surface area contributed by atoms with Gasteiger partial charge in [-0.15, -0.1) is 0 Å². The number of aliphatic hydroxyl groups is 11. The molecule has 79 heavy (non-hydrogen) atoms. The zero-order valence-corrected chi connectivity index (χ0v) is 48.4. The highest BCUT2D eigenvalue weighted by Crippen LogP contribution is 2.33. The van der Waals surface area contributed by atoms with Crippen molar-refractivity contribution >= 4 is 5.91 Å². The Bertz CT molecular complexity index is 1540. The van der Waals surface area contributed by atoms with Crippen molar-refractivity contribution in [2.75, 3.05) is 26.4 Å². The zero-order valence-electron chi connectivity index (χ0n) is 48.4. The van der Waals surface area contributed by atoms with Crippen LogP contribution in [0.25, 0.3) is 0 Å². The molecule has 3 heterocycles. The van der Waals surface area contributed by atoms with Crippen LogP contribution in [0.2, 0.25) is 0 Å². The largest absolute Gasteiger partial charge is 0.394 e. The lowest BCUT2D eigenvalue weighted by atomic mass is 9.96. The van der Waals surface area contributed by atoms with E-state index < -0.39 is 124 Å². The Kier molecular flexibility index (Phi) is 39.7. The third-order valence-electron chi connectivity index (χ3n) is 15.8. The van der Waals surface area contributed by atoms with E-state index in [1.807, 2.05) is 6.08 Å². The molecule has 12 N–H and O–H groups in total. The number of ether oxygens (including phenoxy) is 6. The van der Waals surface area contributed by atoms with Gasteiger partial charge in [-0.05, 0) is 32.1 Å². The highest BCUT2D eigenvalue weighted by Gasteiger charge is 2.53. The summed E-state index contributed by atoms with van der Waals surface area (Å²) in [6, 6.07) is -0.985. The predicted molar refractivity (Wildman–Crippen MR) is 300 cm³/mol. The maximum Gasteiger partial charge on any atom is 0.220 e. The molecule has 3 rings (SSSR count). The maximum atomic E-state index is 13.3. The van der Waals surface area contributed by atoms with Crippen molar-refractivity contribution in [3.8, 4) is 0 Å². The number of aliphatic hydroxyl groups excluding tert-OH is 11. The van der Waals surface area contributed by atoms with Gasteiger partial charge in [-0.2, -0.15) is 0 Å². The van der Waals surface area contributed by atoms with Gasteiger partial charge in [-0.1, -0.05) is 205 Å². The minimum absolute atomic E-state index is 0.240. The highest BCUT2D eigenvalue weighted by molar-refractivity contribution is 5.76. The second-order valence-electron chi connectivity index (χ2n) is 22.5. The molecule has 0 aliphatic carbocycles. The van der Waals surface area contributed by atoms with Crippen LogP contribution in [-0.4, -0.2) is 193 Å². The first-order chi connectivity index (χ1) is 38.3. The van der Waals surface area contributed by atoms with Gasteiger partial charge in [0.15, 0.2) is 18.9 Å². The van der Waals surface area contributed by atoms with E-state index in [2.05, 4.69) is 31.3 Å². The number of carbonyl (C=O) groups is 1. The number of unbranched alkanes of at least 4 members (excludes halogenated alkanes) is 28. The van der Waals surface area contributed by atoms with Crippen molar-refractivity contribution in [2.24, 2.45) is 0 Å². The number of nitrogens with one attached hydrogen (secondary N) is 1. The minimum atomic E-state index is -1.98. The molecule has 0 aromatic rings. The molecule has 3 aliphatic rings. The normalized spacial score (nSPS) is 30.4. The molecule has 19 nitrogen and oxygen atoms in total. The number of hydrogen-bond donors (Lipinski definition) is 12. The Labute approximate surface area is 473 Å². The van der Waals surface area contributed by atoms with Crippen molar-refractivity contribution in [3.05, 3.63) is 24.3 Å². The molecule has 464 valence electrons. The molecule has 0 radical (unpaired) electrons. The molecular weight excluding hydrogens is 1020 g/mol.